The summed E-state index contributed by atoms with van der Waals surface area (Å²) in [4.78, 5) is 18.8. The van der Waals surface area contributed by atoms with Gasteiger partial charge in [0.15, 0.2) is 0 Å². The summed E-state index contributed by atoms with van der Waals surface area (Å²) >= 11 is 0. The van der Waals surface area contributed by atoms with Crippen molar-refractivity contribution in [1.29, 1.82) is 0 Å². The Hall–Kier alpha value is -2.10. The number of hydrogen-bond donors (Lipinski definition) is 0. The molecule has 2 heterocycles. The largest absolute Gasteiger partial charge is 0.377 e. The van der Waals surface area contributed by atoms with Crippen molar-refractivity contribution in [2.24, 2.45) is 5.16 Å². The molecule has 0 aromatic heterocycles. The Morgan fingerprint density at radius 2 is 1.84 bits per heavy atom. The predicted octanol–water partition coefficient (Wildman–Crippen LogP) is 2.32. The number of likely N-dealkylation sites (tertiary alicyclic amines) is 1. The molecule has 0 radical (unpaired) electrons. The van der Waals surface area contributed by atoms with Gasteiger partial charge in [-0.15, -0.1) is 0 Å². The topological polar surface area (TPSA) is 41.9 Å². The molecule has 0 N–H and O–H groups in total. The third-order valence-electron chi connectivity index (χ3n) is 3.44. The second kappa shape index (κ2) is 5.26. The SMILES string of the molecule is O=C1ON=C(c2ccccc2)/C1=C/N1CCCCC1. The van der Waals surface area contributed by atoms with Gasteiger partial charge in [0, 0.05) is 24.9 Å². The molecule has 0 amide bonds. The van der Waals surface area contributed by atoms with Crippen LogP contribution in [0.1, 0.15) is 24.8 Å². The van der Waals surface area contributed by atoms with E-state index in [2.05, 4.69) is 10.1 Å². The van der Waals surface area contributed by atoms with Crippen LogP contribution in [0, 0.1) is 0 Å². The van der Waals surface area contributed by atoms with Crippen LogP contribution in [-0.4, -0.2) is 29.7 Å². The Labute approximate surface area is 112 Å². The lowest BCUT2D eigenvalue weighted by atomic mass is 10.0. The first-order chi connectivity index (χ1) is 9.34. The van der Waals surface area contributed by atoms with Gasteiger partial charge in [-0.05, 0) is 19.3 Å². The Morgan fingerprint density at radius 3 is 2.58 bits per heavy atom. The van der Waals surface area contributed by atoms with Crippen LogP contribution in [0.2, 0.25) is 0 Å². The van der Waals surface area contributed by atoms with Gasteiger partial charge < -0.3 is 9.74 Å². The average Bonchev–Trinajstić information content (AvgIpc) is 2.82. The van der Waals surface area contributed by atoms with Gasteiger partial charge in [0.05, 0.1) is 0 Å². The maximum absolute atomic E-state index is 11.8. The van der Waals surface area contributed by atoms with Gasteiger partial charge in [0.1, 0.15) is 11.3 Å². The number of nitrogens with zero attached hydrogens (tertiary/aromatic N) is 2. The number of piperidine rings is 1. The molecule has 2 aliphatic rings. The van der Waals surface area contributed by atoms with E-state index in [0.717, 1.165) is 18.7 Å². The number of carbonyl (C=O) groups is 1. The third-order valence-corrected chi connectivity index (χ3v) is 3.44. The monoisotopic (exact) mass is 256 g/mol. The molecule has 1 fully saturated rings. The second-order valence-electron chi connectivity index (χ2n) is 4.82. The molecule has 0 unspecified atom stereocenters. The fourth-order valence-electron chi connectivity index (χ4n) is 2.43. The zero-order valence-electron chi connectivity index (χ0n) is 10.7. The average molecular weight is 256 g/mol. The Bertz CT molecular complexity index is 528. The highest BCUT2D eigenvalue weighted by molar-refractivity contribution is 6.28. The van der Waals surface area contributed by atoms with Crippen molar-refractivity contribution >= 4 is 11.7 Å². The van der Waals surface area contributed by atoms with Crippen molar-refractivity contribution in [3.05, 3.63) is 47.7 Å². The quantitative estimate of drug-likeness (QED) is 0.602. The van der Waals surface area contributed by atoms with Crippen molar-refractivity contribution in [2.45, 2.75) is 19.3 Å². The van der Waals surface area contributed by atoms with Crippen LogP contribution in [-0.2, 0) is 9.63 Å². The van der Waals surface area contributed by atoms with Gasteiger partial charge >= 0.3 is 5.97 Å². The molecule has 2 aliphatic heterocycles. The lowest BCUT2D eigenvalue weighted by molar-refractivity contribution is -0.136. The van der Waals surface area contributed by atoms with Gasteiger partial charge in [-0.25, -0.2) is 4.79 Å². The summed E-state index contributed by atoms with van der Waals surface area (Å²) in [7, 11) is 0. The Morgan fingerprint density at radius 1 is 1.11 bits per heavy atom. The molecule has 4 heteroatoms. The minimum atomic E-state index is -0.357. The van der Waals surface area contributed by atoms with Crippen molar-refractivity contribution in [2.75, 3.05) is 13.1 Å². The fourth-order valence-corrected chi connectivity index (χ4v) is 2.43. The second-order valence-corrected chi connectivity index (χ2v) is 4.82. The van der Waals surface area contributed by atoms with E-state index in [0.29, 0.717) is 11.3 Å². The summed E-state index contributed by atoms with van der Waals surface area (Å²) in [6.07, 6.45) is 5.53. The zero-order valence-corrected chi connectivity index (χ0v) is 10.7. The number of hydrogen-bond acceptors (Lipinski definition) is 4. The standard InChI is InChI=1S/C15H16N2O2/c18-15-13(11-17-9-5-2-6-10-17)14(16-19-15)12-7-3-1-4-8-12/h1,3-4,7-8,11H,2,5-6,9-10H2/b13-11-. The van der Waals surface area contributed by atoms with Gasteiger partial charge in [0.25, 0.3) is 0 Å². The molecule has 0 atom stereocenters. The van der Waals surface area contributed by atoms with Gasteiger partial charge in [-0.1, -0.05) is 35.5 Å². The first-order valence-electron chi connectivity index (χ1n) is 6.65. The third kappa shape index (κ3) is 2.52. The van der Waals surface area contributed by atoms with Crippen LogP contribution in [0.3, 0.4) is 0 Å². The molecule has 0 saturated carbocycles. The van der Waals surface area contributed by atoms with E-state index in [4.69, 9.17) is 4.84 Å². The Balaban J connectivity index is 1.88. The molecule has 0 spiro atoms. The molecule has 1 aromatic carbocycles. The van der Waals surface area contributed by atoms with E-state index in [1.807, 2.05) is 36.5 Å². The molecule has 1 saturated heterocycles. The van der Waals surface area contributed by atoms with Crippen LogP contribution in [0.25, 0.3) is 0 Å². The van der Waals surface area contributed by atoms with E-state index in [1.54, 1.807) is 0 Å². The number of carbonyl (C=O) groups excluding carboxylic acids is 1. The summed E-state index contributed by atoms with van der Waals surface area (Å²) in [5.41, 5.74) is 2.11. The van der Waals surface area contributed by atoms with Gasteiger partial charge in [-0.2, -0.15) is 0 Å². The molecule has 1 aromatic rings. The first-order valence-corrected chi connectivity index (χ1v) is 6.65. The molecular weight excluding hydrogens is 240 g/mol. The maximum Gasteiger partial charge on any atom is 0.369 e. The minimum Gasteiger partial charge on any atom is -0.377 e. The highest BCUT2D eigenvalue weighted by atomic mass is 16.7. The molecular formula is C15H16N2O2. The first kappa shape index (κ1) is 12.0. The van der Waals surface area contributed by atoms with E-state index in [-0.39, 0.29) is 5.97 Å². The Kier molecular flexibility index (Phi) is 3.31. The molecule has 0 aliphatic carbocycles. The lowest BCUT2D eigenvalue weighted by Crippen LogP contribution is -2.26. The van der Waals surface area contributed by atoms with E-state index >= 15 is 0 Å². The fraction of sp³-hybridized carbons (Fsp3) is 0.333. The van der Waals surface area contributed by atoms with Crippen LogP contribution >= 0.6 is 0 Å². The molecule has 0 bridgehead atoms. The summed E-state index contributed by atoms with van der Waals surface area (Å²) in [6.45, 7) is 2.00. The summed E-state index contributed by atoms with van der Waals surface area (Å²) in [6, 6.07) is 9.67. The van der Waals surface area contributed by atoms with Crippen molar-refractivity contribution in [1.82, 2.24) is 4.90 Å². The van der Waals surface area contributed by atoms with Gasteiger partial charge in [0.2, 0.25) is 0 Å². The van der Waals surface area contributed by atoms with Crippen LogP contribution < -0.4 is 0 Å². The zero-order chi connectivity index (χ0) is 13.1. The minimum absolute atomic E-state index is 0.357. The van der Waals surface area contributed by atoms with Gasteiger partial charge in [-0.3, -0.25) is 0 Å². The lowest BCUT2D eigenvalue weighted by Gasteiger charge is -2.25. The predicted molar refractivity (Wildman–Crippen MR) is 72.6 cm³/mol. The van der Waals surface area contributed by atoms with Crippen molar-refractivity contribution < 1.29 is 9.63 Å². The molecule has 19 heavy (non-hydrogen) atoms. The van der Waals surface area contributed by atoms with Crippen LogP contribution in [0.15, 0.2) is 47.3 Å². The smallest absolute Gasteiger partial charge is 0.369 e. The number of rotatable bonds is 2. The van der Waals surface area contributed by atoms with Crippen molar-refractivity contribution in [3.8, 4) is 0 Å². The van der Waals surface area contributed by atoms with E-state index in [9.17, 15) is 4.79 Å². The van der Waals surface area contributed by atoms with E-state index in [1.165, 1.54) is 19.3 Å². The van der Waals surface area contributed by atoms with E-state index < -0.39 is 0 Å². The molecule has 4 nitrogen and oxygen atoms in total. The number of oxime groups is 1. The summed E-state index contributed by atoms with van der Waals surface area (Å²) in [5, 5.41) is 3.91. The van der Waals surface area contributed by atoms with Crippen molar-refractivity contribution in [3.63, 3.8) is 0 Å². The normalized spacial score (nSPS) is 21.5. The van der Waals surface area contributed by atoms with Crippen LogP contribution in [0.4, 0.5) is 0 Å². The molecule has 98 valence electrons. The number of benzene rings is 1. The van der Waals surface area contributed by atoms with Crippen LogP contribution in [0.5, 0.6) is 0 Å². The highest BCUT2D eigenvalue weighted by Gasteiger charge is 2.27. The summed E-state index contributed by atoms with van der Waals surface area (Å²) in [5.74, 6) is -0.357. The maximum atomic E-state index is 11.8. The highest BCUT2D eigenvalue weighted by Crippen LogP contribution is 2.20. The molecule has 3 rings (SSSR count). The summed E-state index contributed by atoms with van der Waals surface area (Å²) < 4.78 is 0.